The molecule has 5 nitrogen and oxygen atoms in total. The fourth-order valence-corrected chi connectivity index (χ4v) is 4.30. The van der Waals surface area contributed by atoms with Crippen LogP contribution >= 0.6 is 11.3 Å². The Morgan fingerprint density at radius 1 is 1.07 bits per heavy atom. The van der Waals surface area contributed by atoms with Crippen molar-refractivity contribution in [3.05, 3.63) is 76.8 Å². The van der Waals surface area contributed by atoms with Crippen LogP contribution in [0.3, 0.4) is 0 Å². The van der Waals surface area contributed by atoms with Crippen LogP contribution in [0.2, 0.25) is 0 Å². The molecule has 0 aliphatic carbocycles. The Bertz CT molecular complexity index is 932. The van der Waals surface area contributed by atoms with E-state index >= 15 is 0 Å². The van der Waals surface area contributed by atoms with Crippen LogP contribution in [0, 0.1) is 0 Å². The van der Waals surface area contributed by atoms with E-state index < -0.39 is 0 Å². The van der Waals surface area contributed by atoms with E-state index in [0.717, 1.165) is 48.6 Å². The molecule has 0 bridgehead atoms. The monoisotopic (exact) mass is 407 g/mol. The van der Waals surface area contributed by atoms with E-state index in [1.165, 1.54) is 16.9 Å². The Morgan fingerprint density at radius 3 is 2.48 bits per heavy atom. The maximum atomic E-state index is 12.5. The Balaban J connectivity index is 1.29. The molecule has 0 spiro atoms. The summed E-state index contributed by atoms with van der Waals surface area (Å²) in [4.78, 5) is 19.8. The number of rotatable bonds is 6. The highest BCUT2D eigenvalue weighted by molar-refractivity contribution is 7.16. The van der Waals surface area contributed by atoms with Gasteiger partial charge in [0.2, 0.25) is 0 Å². The average Bonchev–Trinajstić information content (AvgIpc) is 3.26. The molecule has 1 aliphatic rings. The van der Waals surface area contributed by atoms with Crippen molar-refractivity contribution in [1.29, 1.82) is 0 Å². The van der Waals surface area contributed by atoms with Gasteiger partial charge in [-0.2, -0.15) is 0 Å². The zero-order valence-electron chi connectivity index (χ0n) is 16.3. The molecule has 150 valence electrons. The van der Waals surface area contributed by atoms with Crippen LogP contribution in [0.4, 0.5) is 0 Å². The van der Waals surface area contributed by atoms with Crippen LogP contribution in [0.5, 0.6) is 0 Å². The number of carbonyl (C=O) groups is 1. The Kier molecular flexibility index (Phi) is 6.34. The molecule has 29 heavy (non-hydrogen) atoms. The van der Waals surface area contributed by atoms with Crippen LogP contribution in [0.15, 0.2) is 60.8 Å². The fourth-order valence-electron chi connectivity index (χ4n) is 3.46. The number of benzene rings is 2. The van der Waals surface area contributed by atoms with Crippen LogP contribution < -0.4 is 5.32 Å². The second-order valence-electron chi connectivity index (χ2n) is 7.40. The second kappa shape index (κ2) is 9.31. The quantitative estimate of drug-likeness (QED) is 0.654. The maximum absolute atomic E-state index is 12.5. The van der Waals surface area contributed by atoms with Gasteiger partial charge in [-0.05, 0) is 24.0 Å². The summed E-state index contributed by atoms with van der Waals surface area (Å²) in [7, 11) is 0. The molecular formula is C23H25N3O2S. The standard InChI is InChI=1S/C23H25N3O2S/c27-20-10-12-26(13-11-20)16-18-8-6-17(7-9-18)14-24-22(28)21-15-25-23(29-21)19-4-2-1-3-5-19/h1-9,15,20,27H,10-14,16H2,(H,24,28). The van der Waals surface area contributed by atoms with Crippen molar-refractivity contribution in [2.24, 2.45) is 0 Å². The second-order valence-corrected chi connectivity index (χ2v) is 8.43. The van der Waals surface area contributed by atoms with Gasteiger partial charge in [-0.3, -0.25) is 9.69 Å². The molecular weight excluding hydrogens is 382 g/mol. The molecule has 2 heterocycles. The van der Waals surface area contributed by atoms with Gasteiger partial charge in [0, 0.05) is 31.7 Å². The van der Waals surface area contributed by atoms with Crippen LogP contribution in [0.1, 0.15) is 33.6 Å². The van der Waals surface area contributed by atoms with Crippen molar-refractivity contribution >= 4 is 17.2 Å². The Morgan fingerprint density at radius 2 is 1.76 bits per heavy atom. The highest BCUT2D eigenvalue weighted by Crippen LogP contribution is 2.24. The third-order valence-electron chi connectivity index (χ3n) is 5.19. The molecule has 0 saturated carbocycles. The number of likely N-dealkylation sites (tertiary alicyclic amines) is 1. The SMILES string of the molecule is O=C(NCc1ccc(CN2CCC(O)CC2)cc1)c1cnc(-c2ccccc2)s1. The highest BCUT2D eigenvalue weighted by atomic mass is 32.1. The molecule has 1 saturated heterocycles. The number of piperidine rings is 1. The average molecular weight is 408 g/mol. The summed E-state index contributed by atoms with van der Waals surface area (Å²) in [5.41, 5.74) is 3.35. The minimum absolute atomic E-state index is 0.0966. The minimum atomic E-state index is -0.139. The van der Waals surface area contributed by atoms with Crippen molar-refractivity contribution in [1.82, 2.24) is 15.2 Å². The van der Waals surface area contributed by atoms with E-state index in [1.807, 2.05) is 30.3 Å². The van der Waals surface area contributed by atoms with E-state index in [1.54, 1.807) is 6.20 Å². The van der Waals surface area contributed by atoms with Crippen molar-refractivity contribution in [3.63, 3.8) is 0 Å². The molecule has 0 unspecified atom stereocenters. The summed E-state index contributed by atoms with van der Waals surface area (Å²) in [5.74, 6) is -0.0966. The van der Waals surface area contributed by atoms with Gasteiger partial charge >= 0.3 is 0 Å². The number of aromatic nitrogens is 1. The first-order chi connectivity index (χ1) is 14.2. The third kappa shape index (κ3) is 5.29. The lowest BCUT2D eigenvalue weighted by Gasteiger charge is -2.29. The first-order valence-corrected chi connectivity index (χ1v) is 10.8. The number of hydrogen-bond acceptors (Lipinski definition) is 5. The number of nitrogens with zero attached hydrogens (tertiary/aromatic N) is 2. The largest absolute Gasteiger partial charge is 0.393 e. The van der Waals surface area contributed by atoms with Gasteiger partial charge < -0.3 is 10.4 Å². The normalized spacial score (nSPS) is 15.3. The summed E-state index contributed by atoms with van der Waals surface area (Å²) in [5, 5.41) is 13.4. The summed E-state index contributed by atoms with van der Waals surface area (Å²) < 4.78 is 0. The minimum Gasteiger partial charge on any atom is -0.393 e. The van der Waals surface area contributed by atoms with Crippen molar-refractivity contribution in [3.8, 4) is 10.6 Å². The van der Waals surface area contributed by atoms with Gasteiger partial charge in [0.1, 0.15) is 9.88 Å². The van der Waals surface area contributed by atoms with Gasteiger partial charge in [0.25, 0.3) is 5.91 Å². The molecule has 3 aromatic rings. The van der Waals surface area contributed by atoms with Gasteiger partial charge in [-0.15, -0.1) is 11.3 Å². The molecule has 6 heteroatoms. The molecule has 0 atom stereocenters. The fraction of sp³-hybridized carbons (Fsp3) is 0.304. The molecule has 1 aliphatic heterocycles. The molecule has 2 N–H and O–H groups in total. The topological polar surface area (TPSA) is 65.5 Å². The summed E-state index contributed by atoms with van der Waals surface area (Å²) in [6.45, 7) is 3.29. The first-order valence-electron chi connectivity index (χ1n) is 9.95. The molecule has 0 radical (unpaired) electrons. The number of amides is 1. The number of nitrogens with one attached hydrogen (secondary N) is 1. The Labute approximate surface area is 175 Å². The number of carbonyl (C=O) groups excluding carboxylic acids is 1. The number of aliphatic hydroxyl groups excluding tert-OH is 1. The van der Waals surface area contributed by atoms with Crippen molar-refractivity contribution < 1.29 is 9.90 Å². The van der Waals surface area contributed by atoms with Gasteiger partial charge in [0.05, 0.1) is 12.3 Å². The van der Waals surface area contributed by atoms with Crippen LogP contribution in [0.25, 0.3) is 10.6 Å². The predicted octanol–water partition coefficient (Wildman–Crippen LogP) is 3.70. The third-order valence-corrected chi connectivity index (χ3v) is 6.23. The van der Waals surface area contributed by atoms with E-state index in [4.69, 9.17) is 0 Å². The van der Waals surface area contributed by atoms with Gasteiger partial charge in [-0.1, -0.05) is 54.6 Å². The first kappa shape index (κ1) is 19.8. The lowest BCUT2D eigenvalue weighted by molar-refractivity contribution is 0.0792. The number of thiazole rings is 1. The molecule has 1 aromatic heterocycles. The lowest BCUT2D eigenvalue weighted by Crippen LogP contribution is -2.35. The number of hydrogen-bond donors (Lipinski definition) is 2. The van der Waals surface area contributed by atoms with Crippen LogP contribution in [-0.4, -0.2) is 40.1 Å². The molecule has 2 aromatic carbocycles. The van der Waals surface area contributed by atoms with Crippen LogP contribution in [-0.2, 0) is 13.1 Å². The zero-order valence-corrected chi connectivity index (χ0v) is 17.1. The van der Waals surface area contributed by atoms with E-state index in [-0.39, 0.29) is 12.0 Å². The van der Waals surface area contributed by atoms with Gasteiger partial charge in [0.15, 0.2) is 0 Å². The zero-order chi connectivity index (χ0) is 20.1. The maximum Gasteiger partial charge on any atom is 0.263 e. The van der Waals surface area contributed by atoms with Gasteiger partial charge in [-0.25, -0.2) is 4.98 Å². The predicted molar refractivity (Wildman–Crippen MR) is 116 cm³/mol. The van der Waals surface area contributed by atoms with E-state index in [9.17, 15) is 9.90 Å². The molecule has 1 amide bonds. The summed E-state index contributed by atoms with van der Waals surface area (Å²) in [6.07, 6.45) is 3.21. The number of aliphatic hydroxyl groups is 1. The highest BCUT2D eigenvalue weighted by Gasteiger charge is 2.17. The summed E-state index contributed by atoms with van der Waals surface area (Å²) in [6, 6.07) is 18.3. The Hall–Kier alpha value is -2.54. The van der Waals surface area contributed by atoms with E-state index in [2.05, 4.69) is 39.5 Å². The smallest absolute Gasteiger partial charge is 0.263 e. The molecule has 4 rings (SSSR count). The van der Waals surface area contributed by atoms with Crippen molar-refractivity contribution in [2.45, 2.75) is 32.0 Å². The summed E-state index contributed by atoms with van der Waals surface area (Å²) >= 11 is 1.40. The lowest BCUT2D eigenvalue weighted by atomic mass is 10.1. The molecule has 1 fully saturated rings. The van der Waals surface area contributed by atoms with E-state index in [0.29, 0.717) is 11.4 Å². The van der Waals surface area contributed by atoms with Crippen molar-refractivity contribution in [2.75, 3.05) is 13.1 Å².